The first-order valence-electron chi connectivity index (χ1n) is 5.86. The highest BCUT2D eigenvalue weighted by Crippen LogP contribution is 2.18. The van der Waals surface area contributed by atoms with Gasteiger partial charge < -0.3 is 10.4 Å². The number of pyridine rings is 1. The fraction of sp³-hybridized carbons (Fsp3) is 0.364. The van der Waals surface area contributed by atoms with Crippen LogP contribution < -0.4 is 5.32 Å². The van der Waals surface area contributed by atoms with Gasteiger partial charge in [0.15, 0.2) is 0 Å². The minimum absolute atomic E-state index is 0.126. The monoisotopic (exact) mass is 262 g/mol. The van der Waals surface area contributed by atoms with Gasteiger partial charge in [0.25, 0.3) is 0 Å². The van der Waals surface area contributed by atoms with Gasteiger partial charge in [-0.15, -0.1) is 10.2 Å². The summed E-state index contributed by atoms with van der Waals surface area (Å²) in [6, 6.07) is 3.09. The molecular weight excluding hydrogens is 248 g/mol. The van der Waals surface area contributed by atoms with Gasteiger partial charge in [-0.25, -0.2) is 9.78 Å². The number of nitrogens with zero attached hydrogens (tertiary/aromatic N) is 4. The molecule has 0 aliphatic rings. The zero-order valence-electron chi connectivity index (χ0n) is 10.6. The summed E-state index contributed by atoms with van der Waals surface area (Å²) >= 11 is 0. The van der Waals surface area contributed by atoms with Gasteiger partial charge >= 0.3 is 5.97 Å². The number of nitrogens with one attached hydrogen (secondary N) is 2. The Morgan fingerprint density at radius 2 is 2.32 bits per heavy atom. The van der Waals surface area contributed by atoms with E-state index in [0.717, 1.165) is 6.42 Å². The molecule has 0 bridgehead atoms. The van der Waals surface area contributed by atoms with Crippen molar-refractivity contribution >= 4 is 11.8 Å². The van der Waals surface area contributed by atoms with E-state index in [1.807, 2.05) is 13.8 Å². The second kappa shape index (κ2) is 5.42. The molecule has 2 heterocycles. The van der Waals surface area contributed by atoms with E-state index in [0.29, 0.717) is 11.5 Å². The van der Waals surface area contributed by atoms with Crippen LogP contribution in [0.3, 0.4) is 0 Å². The first-order valence-corrected chi connectivity index (χ1v) is 5.86. The van der Waals surface area contributed by atoms with Gasteiger partial charge in [0.1, 0.15) is 11.5 Å². The normalized spacial score (nSPS) is 12.1. The van der Waals surface area contributed by atoms with E-state index in [1.165, 1.54) is 12.1 Å². The summed E-state index contributed by atoms with van der Waals surface area (Å²) in [4.78, 5) is 15.4. The van der Waals surface area contributed by atoms with Crippen molar-refractivity contribution in [2.75, 3.05) is 5.32 Å². The van der Waals surface area contributed by atoms with Gasteiger partial charge in [0.05, 0.1) is 5.56 Å². The van der Waals surface area contributed by atoms with Crippen LogP contribution in [0, 0.1) is 0 Å². The largest absolute Gasteiger partial charge is 0.478 e. The number of aromatic nitrogens is 5. The maximum atomic E-state index is 11.1. The molecule has 100 valence electrons. The molecule has 8 heteroatoms. The molecule has 1 atom stereocenters. The van der Waals surface area contributed by atoms with E-state index in [9.17, 15) is 4.79 Å². The Morgan fingerprint density at radius 3 is 2.89 bits per heavy atom. The summed E-state index contributed by atoms with van der Waals surface area (Å²) < 4.78 is 0. The van der Waals surface area contributed by atoms with Crippen molar-refractivity contribution in [2.24, 2.45) is 0 Å². The fourth-order valence-electron chi connectivity index (χ4n) is 1.47. The number of hydrogen-bond donors (Lipinski definition) is 3. The van der Waals surface area contributed by atoms with Crippen LogP contribution in [0.1, 0.15) is 30.6 Å². The number of rotatable bonds is 5. The Bertz CT molecular complexity index is 569. The van der Waals surface area contributed by atoms with Crippen LogP contribution in [-0.2, 0) is 0 Å². The molecular formula is C11H14N6O2. The van der Waals surface area contributed by atoms with Gasteiger partial charge in [-0.3, -0.25) is 0 Å². The molecule has 0 saturated carbocycles. The molecule has 19 heavy (non-hydrogen) atoms. The summed E-state index contributed by atoms with van der Waals surface area (Å²) in [6.45, 7) is 4.02. The highest BCUT2D eigenvalue weighted by atomic mass is 16.4. The molecule has 0 saturated heterocycles. The Balaban J connectivity index is 2.41. The minimum atomic E-state index is -1.03. The third kappa shape index (κ3) is 3.03. The number of aromatic carboxylic acids is 1. The predicted octanol–water partition coefficient (Wildman–Crippen LogP) is 1.17. The lowest BCUT2D eigenvalue weighted by Crippen LogP contribution is -2.15. The van der Waals surface area contributed by atoms with Crippen molar-refractivity contribution in [3.8, 4) is 11.5 Å². The van der Waals surface area contributed by atoms with E-state index >= 15 is 0 Å². The topological polar surface area (TPSA) is 117 Å². The second-order valence-corrected chi connectivity index (χ2v) is 4.12. The molecule has 2 aromatic heterocycles. The molecule has 3 N–H and O–H groups in total. The molecule has 0 aliphatic heterocycles. The lowest BCUT2D eigenvalue weighted by atomic mass is 10.2. The Morgan fingerprint density at radius 1 is 1.53 bits per heavy atom. The zero-order chi connectivity index (χ0) is 13.8. The first-order chi connectivity index (χ1) is 9.10. The van der Waals surface area contributed by atoms with E-state index in [4.69, 9.17) is 5.11 Å². The van der Waals surface area contributed by atoms with E-state index in [-0.39, 0.29) is 17.4 Å². The lowest BCUT2D eigenvalue weighted by molar-refractivity contribution is 0.0697. The molecule has 0 spiro atoms. The maximum Gasteiger partial charge on any atom is 0.335 e. The third-order valence-corrected chi connectivity index (χ3v) is 2.65. The van der Waals surface area contributed by atoms with Crippen LogP contribution in [0.25, 0.3) is 11.5 Å². The number of anilines is 1. The zero-order valence-corrected chi connectivity index (χ0v) is 10.6. The summed E-state index contributed by atoms with van der Waals surface area (Å²) in [7, 11) is 0. The molecule has 1 unspecified atom stereocenters. The lowest BCUT2D eigenvalue weighted by Gasteiger charge is -2.13. The third-order valence-electron chi connectivity index (χ3n) is 2.65. The summed E-state index contributed by atoms with van der Waals surface area (Å²) in [5.74, 6) is -0.288. The number of hydrogen-bond acceptors (Lipinski definition) is 6. The second-order valence-electron chi connectivity index (χ2n) is 4.12. The molecule has 0 amide bonds. The molecule has 0 aromatic carbocycles. The van der Waals surface area contributed by atoms with Gasteiger partial charge in [0, 0.05) is 6.04 Å². The predicted molar refractivity (Wildman–Crippen MR) is 67.7 cm³/mol. The van der Waals surface area contributed by atoms with Crippen LogP contribution in [0.5, 0.6) is 0 Å². The number of carboxylic acids is 1. The van der Waals surface area contributed by atoms with Crippen molar-refractivity contribution in [3.05, 3.63) is 17.7 Å². The van der Waals surface area contributed by atoms with E-state index < -0.39 is 5.97 Å². The van der Waals surface area contributed by atoms with Crippen molar-refractivity contribution in [1.82, 2.24) is 25.6 Å². The number of carbonyl (C=O) groups is 1. The average molecular weight is 262 g/mol. The van der Waals surface area contributed by atoms with Crippen LogP contribution in [0.2, 0.25) is 0 Å². The van der Waals surface area contributed by atoms with Crippen molar-refractivity contribution in [1.29, 1.82) is 0 Å². The molecule has 8 nitrogen and oxygen atoms in total. The maximum absolute atomic E-state index is 11.1. The summed E-state index contributed by atoms with van der Waals surface area (Å²) in [5, 5.41) is 25.6. The quantitative estimate of drug-likeness (QED) is 0.740. The number of H-pyrrole nitrogens is 1. The van der Waals surface area contributed by atoms with Crippen molar-refractivity contribution in [3.63, 3.8) is 0 Å². The van der Waals surface area contributed by atoms with Gasteiger partial charge in [0.2, 0.25) is 5.82 Å². The van der Waals surface area contributed by atoms with Crippen LogP contribution in [0.15, 0.2) is 12.1 Å². The Hall–Kier alpha value is -2.51. The number of aromatic amines is 1. The highest BCUT2D eigenvalue weighted by Gasteiger charge is 2.13. The van der Waals surface area contributed by atoms with Gasteiger partial charge in [-0.2, -0.15) is 5.21 Å². The fourth-order valence-corrected chi connectivity index (χ4v) is 1.47. The van der Waals surface area contributed by atoms with Crippen molar-refractivity contribution < 1.29 is 9.90 Å². The first kappa shape index (κ1) is 12.9. The van der Waals surface area contributed by atoms with Gasteiger partial charge in [-0.1, -0.05) is 6.92 Å². The van der Waals surface area contributed by atoms with Crippen LogP contribution >= 0.6 is 0 Å². The molecule has 0 radical (unpaired) electrons. The average Bonchev–Trinajstić information content (AvgIpc) is 2.92. The Labute approximate surface area is 109 Å². The standard InChI is InChI=1S/C11H14N6O2/c1-3-6(2)12-9-5-7(11(18)19)4-8(13-9)10-14-16-17-15-10/h4-6H,3H2,1-2H3,(H,12,13)(H,18,19)(H,14,15,16,17). The van der Waals surface area contributed by atoms with Crippen LogP contribution in [0.4, 0.5) is 5.82 Å². The number of tetrazole rings is 1. The van der Waals surface area contributed by atoms with Gasteiger partial charge in [-0.05, 0) is 30.7 Å². The number of carboxylic acid groups (broad SMARTS) is 1. The molecule has 2 aromatic rings. The highest BCUT2D eigenvalue weighted by molar-refractivity contribution is 5.89. The molecule has 2 rings (SSSR count). The van der Waals surface area contributed by atoms with E-state index in [2.05, 4.69) is 30.9 Å². The molecule has 0 fully saturated rings. The summed E-state index contributed by atoms with van der Waals surface area (Å²) in [5.41, 5.74) is 0.486. The summed E-state index contributed by atoms with van der Waals surface area (Å²) in [6.07, 6.45) is 0.899. The smallest absolute Gasteiger partial charge is 0.335 e. The SMILES string of the molecule is CCC(C)Nc1cc(C(=O)O)cc(-c2nn[nH]n2)n1. The molecule has 0 aliphatic carbocycles. The Kier molecular flexibility index (Phi) is 3.69. The van der Waals surface area contributed by atoms with Crippen molar-refractivity contribution in [2.45, 2.75) is 26.3 Å². The van der Waals surface area contributed by atoms with E-state index in [1.54, 1.807) is 0 Å². The van der Waals surface area contributed by atoms with Crippen LogP contribution in [-0.4, -0.2) is 42.7 Å². The minimum Gasteiger partial charge on any atom is -0.478 e.